The molecule has 2 unspecified atom stereocenters. The summed E-state index contributed by atoms with van der Waals surface area (Å²) < 4.78 is 0. The minimum atomic E-state index is 0.0384. The van der Waals surface area contributed by atoms with Crippen LogP contribution in [0.4, 0.5) is 0 Å². The number of amides is 1. The molecule has 0 fully saturated rings. The second-order valence-electron chi connectivity index (χ2n) is 4.86. The standard InChI is InChI=1S/C12H26N2O/c1-9(2)5-6-11(4)14-12(15)10(3)7-8-13/h9-11H,5-8,13H2,1-4H3,(H,14,15). The largest absolute Gasteiger partial charge is 0.353 e. The lowest BCUT2D eigenvalue weighted by Gasteiger charge is -2.17. The van der Waals surface area contributed by atoms with Gasteiger partial charge in [-0.2, -0.15) is 0 Å². The number of rotatable bonds is 7. The van der Waals surface area contributed by atoms with Crippen molar-refractivity contribution in [2.75, 3.05) is 6.54 Å². The second-order valence-corrected chi connectivity index (χ2v) is 4.86. The number of hydrogen-bond acceptors (Lipinski definition) is 2. The third kappa shape index (κ3) is 7.37. The lowest BCUT2D eigenvalue weighted by molar-refractivity contribution is -0.125. The maximum absolute atomic E-state index is 11.6. The third-order valence-electron chi connectivity index (χ3n) is 2.61. The zero-order chi connectivity index (χ0) is 11.8. The van der Waals surface area contributed by atoms with E-state index in [1.165, 1.54) is 0 Å². The van der Waals surface area contributed by atoms with Crippen LogP contribution in [-0.4, -0.2) is 18.5 Å². The fraction of sp³-hybridized carbons (Fsp3) is 0.917. The SMILES string of the molecule is CC(C)CCC(C)NC(=O)C(C)CCN. The second kappa shape index (κ2) is 7.69. The van der Waals surface area contributed by atoms with E-state index in [0.717, 1.165) is 19.3 Å². The smallest absolute Gasteiger partial charge is 0.223 e. The van der Waals surface area contributed by atoms with Gasteiger partial charge in [-0.15, -0.1) is 0 Å². The Morgan fingerprint density at radius 2 is 1.73 bits per heavy atom. The molecule has 15 heavy (non-hydrogen) atoms. The predicted octanol–water partition coefficient (Wildman–Crippen LogP) is 1.91. The zero-order valence-electron chi connectivity index (χ0n) is 10.5. The van der Waals surface area contributed by atoms with E-state index in [-0.39, 0.29) is 17.9 Å². The van der Waals surface area contributed by atoms with Gasteiger partial charge in [0, 0.05) is 12.0 Å². The van der Waals surface area contributed by atoms with Gasteiger partial charge >= 0.3 is 0 Å². The maximum atomic E-state index is 11.6. The van der Waals surface area contributed by atoms with Crippen LogP contribution in [0.5, 0.6) is 0 Å². The van der Waals surface area contributed by atoms with E-state index in [9.17, 15) is 4.79 Å². The molecule has 0 radical (unpaired) electrons. The van der Waals surface area contributed by atoms with Gasteiger partial charge in [-0.1, -0.05) is 20.8 Å². The van der Waals surface area contributed by atoms with Gasteiger partial charge in [-0.05, 0) is 38.6 Å². The summed E-state index contributed by atoms with van der Waals surface area (Å²) in [5.41, 5.74) is 5.42. The van der Waals surface area contributed by atoms with Crippen molar-refractivity contribution < 1.29 is 4.79 Å². The third-order valence-corrected chi connectivity index (χ3v) is 2.61. The van der Waals surface area contributed by atoms with Gasteiger partial charge in [0.15, 0.2) is 0 Å². The summed E-state index contributed by atoms with van der Waals surface area (Å²) in [4.78, 5) is 11.6. The van der Waals surface area contributed by atoms with E-state index in [2.05, 4.69) is 26.1 Å². The quantitative estimate of drug-likeness (QED) is 0.680. The Kier molecular flexibility index (Phi) is 7.39. The predicted molar refractivity (Wildman–Crippen MR) is 64.5 cm³/mol. The molecule has 3 heteroatoms. The summed E-state index contributed by atoms with van der Waals surface area (Å²) in [5.74, 6) is 0.874. The molecule has 0 heterocycles. The van der Waals surface area contributed by atoms with Gasteiger partial charge in [-0.3, -0.25) is 4.79 Å². The molecule has 3 N–H and O–H groups in total. The van der Waals surface area contributed by atoms with Crippen molar-refractivity contribution in [3.05, 3.63) is 0 Å². The molecule has 0 aromatic heterocycles. The molecule has 0 saturated carbocycles. The lowest BCUT2D eigenvalue weighted by atomic mass is 10.0. The van der Waals surface area contributed by atoms with Gasteiger partial charge in [0.1, 0.15) is 0 Å². The molecule has 0 rings (SSSR count). The van der Waals surface area contributed by atoms with Crippen molar-refractivity contribution in [1.29, 1.82) is 0 Å². The minimum Gasteiger partial charge on any atom is -0.353 e. The molecule has 0 aromatic rings. The van der Waals surface area contributed by atoms with Crippen LogP contribution in [0, 0.1) is 11.8 Å². The maximum Gasteiger partial charge on any atom is 0.223 e. The van der Waals surface area contributed by atoms with E-state index in [1.807, 2.05) is 6.92 Å². The molecule has 3 nitrogen and oxygen atoms in total. The summed E-state index contributed by atoms with van der Waals surface area (Å²) in [6.07, 6.45) is 2.98. The molecule has 0 saturated heterocycles. The van der Waals surface area contributed by atoms with Crippen LogP contribution in [0.2, 0.25) is 0 Å². The fourth-order valence-electron chi connectivity index (χ4n) is 1.42. The molecule has 0 bridgehead atoms. The average molecular weight is 214 g/mol. The van der Waals surface area contributed by atoms with Crippen molar-refractivity contribution in [2.24, 2.45) is 17.6 Å². The van der Waals surface area contributed by atoms with E-state index in [1.54, 1.807) is 0 Å². The van der Waals surface area contributed by atoms with Crippen molar-refractivity contribution >= 4 is 5.91 Å². The Hall–Kier alpha value is -0.570. The highest BCUT2D eigenvalue weighted by molar-refractivity contribution is 5.78. The highest BCUT2D eigenvalue weighted by Crippen LogP contribution is 2.07. The number of nitrogens with one attached hydrogen (secondary N) is 1. The van der Waals surface area contributed by atoms with Crippen molar-refractivity contribution in [1.82, 2.24) is 5.32 Å². The first kappa shape index (κ1) is 14.4. The zero-order valence-corrected chi connectivity index (χ0v) is 10.5. The van der Waals surface area contributed by atoms with Gasteiger partial charge < -0.3 is 11.1 Å². The van der Waals surface area contributed by atoms with Crippen molar-refractivity contribution in [3.8, 4) is 0 Å². The van der Waals surface area contributed by atoms with Gasteiger partial charge in [-0.25, -0.2) is 0 Å². The van der Waals surface area contributed by atoms with E-state index in [4.69, 9.17) is 5.73 Å². The number of hydrogen-bond donors (Lipinski definition) is 2. The molecular formula is C12H26N2O. The first-order valence-electron chi connectivity index (χ1n) is 5.97. The molecule has 0 aliphatic heterocycles. The Morgan fingerprint density at radius 3 is 2.20 bits per heavy atom. The Morgan fingerprint density at radius 1 is 1.13 bits per heavy atom. The molecule has 1 amide bonds. The topological polar surface area (TPSA) is 55.1 Å². The van der Waals surface area contributed by atoms with Gasteiger partial charge in [0.05, 0.1) is 0 Å². The molecule has 0 aliphatic rings. The van der Waals surface area contributed by atoms with Crippen molar-refractivity contribution in [3.63, 3.8) is 0 Å². The van der Waals surface area contributed by atoms with Gasteiger partial charge in [0.25, 0.3) is 0 Å². The van der Waals surface area contributed by atoms with E-state index >= 15 is 0 Å². The summed E-state index contributed by atoms with van der Waals surface area (Å²) in [7, 11) is 0. The number of nitrogens with two attached hydrogens (primary N) is 1. The van der Waals surface area contributed by atoms with E-state index in [0.29, 0.717) is 12.5 Å². The lowest BCUT2D eigenvalue weighted by Crippen LogP contribution is -2.37. The van der Waals surface area contributed by atoms with Crippen LogP contribution in [0.25, 0.3) is 0 Å². The fourth-order valence-corrected chi connectivity index (χ4v) is 1.42. The number of carbonyl (C=O) groups excluding carboxylic acids is 1. The van der Waals surface area contributed by atoms with E-state index < -0.39 is 0 Å². The molecule has 2 atom stereocenters. The first-order valence-corrected chi connectivity index (χ1v) is 5.97. The molecule has 0 aliphatic carbocycles. The number of carbonyl (C=O) groups is 1. The molecular weight excluding hydrogens is 188 g/mol. The van der Waals surface area contributed by atoms with Gasteiger partial charge in [0.2, 0.25) is 5.91 Å². The molecule has 90 valence electrons. The van der Waals surface area contributed by atoms with Crippen LogP contribution < -0.4 is 11.1 Å². The molecule has 0 spiro atoms. The summed E-state index contributed by atoms with van der Waals surface area (Å²) in [6.45, 7) is 8.97. The first-order chi connectivity index (χ1) is 6.97. The molecule has 0 aromatic carbocycles. The van der Waals surface area contributed by atoms with Crippen LogP contribution in [-0.2, 0) is 4.79 Å². The summed E-state index contributed by atoms with van der Waals surface area (Å²) in [5, 5.41) is 3.03. The summed E-state index contributed by atoms with van der Waals surface area (Å²) >= 11 is 0. The van der Waals surface area contributed by atoms with Crippen LogP contribution >= 0.6 is 0 Å². The average Bonchev–Trinajstić information content (AvgIpc) is 2.15. The monoisotopic (exact) mass is 214 g/mol. The van der Waals surface area contributed by atoms with Crippen molar-refractivity contribution in [2.45, 2.75) is 53.0 Å². The Labute approximate surface area is 93.8 Å². The Bertz CT molecular complexity index is 180. The normalized spacial score (nSPS) is 15.1. The highest BCUT2D eigenvalue weighted by Gasteiger charge is 2.14. The Balaban J connectivity index is 3.75. The van der Waals surface area contributed by atoms with Crippen LogP contribution in [0.1, 0.15) is 47.0 Å². The van der Waals surface area contributed by atoms with Crippen LogP contribution in [0.3, 0.4) is 0 Å². The highest BCUT2D eigenvalue weighted by atomic mass is 16.1. The minimum absolute atomic E-state index is 0.0384. The summed E-state index contributed by atoms with van der Waals surface area (Å²) in [6, 6.07) is 0.278. The van der Waals surface area contributed by atoms with Crippen LogP contribution in [0.15, 0.2) is 0 Å².